The second kappa shape index (κ2) is 11.2. The van der Waals surface area contributed by atoms with E-state index in [0.29, 0.717) is 32.2 Å². The minimum Gasteiger partial charge on any atom is -0.382 e. The predicted molar refractivity (Wildman–Crippen MR) is 124 cm³/mol. The van der Waals surface area contributed by atoms with Gasteiger partial charge >= 0.3 is 0 Å². The molecule has 0 saturated carbocycles. The first kappa shape index (κ1) is 23.1. The van der Waals surface area contributed by atoms with E-state index in [9.17, 15) is 9.59 Å². The van der Waals surface area contributed by atoms with Gasteiger partial charge in [-0.1, -0.05) is 12.1 Å². The minimum atomic E-state index is -0.0491. The molecule has 2 aromatic rings. The molecule has 0 radical (unpaired) electrons. The van der Waals surface area contributed by atoms with Crippen molar-refractivity contribution in [1.82, 2.24) is 15.1 Å². The van der Waals surface area contributed by atoms with Crippen molar-refractivity contribution in [2.45, 2.75) is 18.8 Å². The molecule has 33 heavy (non-hydrogen) atoms. The van der Waals surface area contributed by atoms with E-state index in [1.165, 1.54) is 5.56 Å². The Morgan fingerprint density at radius 3 is 2.52 bits per heavy atom. The zero-order valence-corrected chi connectivity index (χ0v) is 19.0. The molecule has 0 bridgehead atoms. The number of benzene rings is 1. The summed E-state index contributed by atoms with van der Waals surface area (Å²) in [6.07, 6.45) is 3.49. The fourth-order valence-corrected chi connectivity index (χ4v) is 4.23. The molecule has 2 aliphatic rings. The number of hydrogen-bond donors (Lipinski definition) is 1. The fourth-order valence-electron chi connectivity index (χ4n) is 4.23. The molecule has 9 nitrogen and oxygen atoms in total. The molecule has 176 valence electrons. The Balaban J connectivity index is 1.19. The second-order valence-corrected chi connectivity index (χ2v) is 8.50. The topological polar surface area (TPSA) is 96.9 Å². The molecule has 1 N–H and O–H groups in total. The Morgan fingerprint density at radius 1 is 1.09 bits per heavy atom. The van der Waals surface area contributed by atoms with Crippen LogP contribution in [0, 0.1) is 5.92 Å². The van der Waals surface area contributed by atoms with E-state index in [1.807, 2.05) is 34.1 Å². The van der Waals surface area contributed by atoms with Crippen molar-refractivity contribution < 1.29 is 19.1 Å². The van der Waals surface area contributed by atoms with E-state index in [2.05, 4.69) is 27.6 Å². The Hall–Kier alpha value is -3.04. The van der Waals surface area contributed by atoms with Gasteiger partial charge in [-0.15, -0.1) is 5.10 Å². The van der Waals surface area contributed by atoms with Crippen LogP contribution in [0.1, 0.15) is 24.3 Å². The van der Waals surface area contributed by atoms with E-state index in [1.54, 1.807) is 13.3 Å². The summed E-state index contributed by atoms with van der Waals surface area (Å²) in [5.41, 5.74) is 2.05. The van der Waals surface area contributed by atoms with Crippen LogP contribution in [0.3, 0.4) is 0 Å². The molecule has 4 rings (SSSR count). The first-order chi connectivity index (χ1) is 16.1. The monoisotopic (exact) mass is 453 g/mol. The number of likely N-dealkylation sites (tertiary alicyclic amines) is 1. The lowest BCUT2D eigenvalue weighted by Gasteiger charge is -2.38. The maximum absolute atomic E-state index is 12.5. The zero-order valence-electron chi connectivity index (χ0n) is 19.0. The molecule has 0 atom stereocenters. The number of nitrogens with one attached hydrogen (secondary N) is 1. The van der Waals surface area contributed by atoms with Crippen LogP contribution in [0.5, 0.6) is 0 Å². The average Bonchev–Trinajstić information content (AvgIpc) is 2.82. The molecular weight excluding hydrogens is 422 g/mol. The first-order valence-electron chi connectivity index (χ1n) is 11.4. The third-order valence-corrected chi connectivity index (χ3v) is 6.29. The van der Waals surface area contributed by atoms with Crippen molar-refractivity contribution >= 4 is 23.3 Å². The number of anilines is 2. The van der Waals surface area contributed by atoms with Gasteiger partial charge in [0.1, 0.15) is 6.61 Å². The molecule has 2 saturated heterocycles. The van der Waals surface area contributed by atoms with Gasteiger partial charge in [0.2, 0.25) is 11.8 Å². The lowest BCUT2D eigenvalue weighted by Crippen LogP contribution is -2.52. The third kappa shape index (κ3) is 6.06. The van der Waals surface area contributed by atoms with Gasteiger partial charge in [-0.2, -0.15) is 5.10 Å². The van der Waals surface area contributed by atoms with Crippen LogP contribution in [0.25, 0.3) is 0 Å². The lowest BCUT2D eigenvalue weighted by atomic mass is 9.89. The predicted octanol–water partition coefficient (Wildman–Crippen LogP) is 1.92. The number of carbonyl (C=O) groups excluding carboxylic acids is 2. The number of carbonyl (C=O) groups is 2. The second-order valence-electron chi connectivity index (χ2n) is 8.50. The Morgan fingerprint density at radius 2 is 1.85 bits per heavy atom. The summed E-state index contributed by atoms with van der Waals surface area (Å²) >= 11 is 0. The zero-order chi connectivity index (χ0) is 23.0. The molecule has 0 aliphatic carbocycles. The molecule has 0 spiro atoms. The van der Waals surface area contributed by atoms with Gasteiger partial charge in [-0.05, 0) is 48.6 Å². The van der Waals surface area contributed by atoms with E-state index < -0.39 is 0 Å². The van der Waals surface area contributed by atoms with Crippen molar-refractivity contribution in [3.8, 4) is 0 Å². The number of nitrogens with zero attached hydrogens (tertiary/aromatic N) is 4. The highest BCUT2D eigenvalue weighted by molar-refractivity contribution is 5.94. The van der Waals surface area contributed by atoms with Crippen molar-refractivity contribution in [3.63, 3.8) is 0 Å². The van der Waals surface area contributed by atoms with Crippen LogP contribution in [0.2, 0.25) is 0 Å². The summed E-state index contributed by atoms with van der Waals surface area (Å²) in [6, 6.07) is 11.8. The molecule has 3 heterocycles. The summed E-state index contributed by atoms with van der Waals surface area (Å²) < 4.78 is 10.3. The highest BCUT2D eigenvalue weighted by Gasteiger charge is 2.33. The van der Waals surface area contributed by atoms with Crippen LogP contribution in [-0.4, -0.2) is 80.0 Å². The summed E-state index contributed by atoms with van der Waals surface area (Å²) in [5, 5.41) is 11.0. The van der Waals surface area contributed by atoms with Crippen LogP contribution >= 0.6 is 0 Å². The summed E-state index contributed by atoms with van der Waals surface area (Å²) in [6.45, 7) is 3.81. The number of aromatic nitrogens is 2. The third-order valence-electron chi connectivity index (χ3n) is 6.29. The van der Waals surface area contributed by atoms with Crippen LogP contribution in [0.15, 0.2) is 42.6 Å². The lowest BCUT2D eigenvalue weighted by molar-refractivity contribution is -0.137. The van der Waals surface area contributed by atoms with E-state index >= 15 is 0 Å². The summed E-state index contributed by atoms with van der Waals surface area (Å²) in [4.78, 5) is 28.7. The molecular formula is C24H31N5O4. The quantitative estimate of drug-likeness (QED) is 0.580. The van der Waals surface area contributed by atoms with Gasteiger partial charge in [0.05, 0.1) is 19.1 Å². The van der Waals surface area contributed by atoms with Crippen molar-refractivity contribution in [1.29, 1.82) is 0 Å². The standard InChI is InChI=1S/C24H31N5O4/c1-32-13-14-33-17-23(30)28-11-8-19(9-12-28)18-4-6-21(7-5-18)26-24(31)20-15-29(16-20)22-3-2-10-25-27-22/h2-7,10,19-20H,8-9,11-17H2,1H3,(H,26,31). The molecule has 0 unspecified atom stereocenters. The summed E-state index contributed by atoms with van der Waals surface area (Å²) in [7, 11) is 1.61. The van der Waals surface area contributed by atoms with Gasteiger partial charge in [0, 0.05) is 45.2 Å². The number of methoxy groups -OCH3 is 1. The summed E-state index contributed by atoms with van der Waals surface area (Å²) in [5.74, 6) is 1.24. The largest absolute Gasteiger partial charge is 0.382 e. The van der Waals surface area contributed by atoms with Gasteiger partial charge < -0.3 is 24.6 Å². The van der Waals surface area contributed by atoms with Crippen LogP contribution < -0.4 is 10.2 Å². The number of piperidine rings is 1. The van der Waals surface area contributed by atoms with E-state index in [4.69, 9.17) is 9.47 Å². The highest BCUT2D eigenvalue weighted by Crippen LogP contribution is 2.29. The van der Waals surface area contributed by atoms with Crippen molar-refractivity contribution in [2.75, 3.05) is 63.3 Å². The normalized spacial score (nSPS) is 17.0. The maximum Gasteiger partial charge on any atom is 0.248 e. The number of rotatable bonds is 9. The molecule has 2 fully saturated rings. The van der Waals surface area contributed by atoms with Crippen molar-refractivity contribution in [2.24, 2.45) is 5.92 Å². The van der Waals surface area contributed by atoms with Gasteiger partial charge in [0.25, 0.3) is 0 Å². The average molecular weight is 454 g/mol. The molecule has 1 aromatic carbocycles. The van der Waals surface area contributed by atoms with Crippen LogP contribution in [0.4, 0.5) is 11.5 Å². The van der Waals surface area contributed by atoms with Crippen molar-refractivity contribution in [3.05, 3.63) is 48.2 Å². The van der Waals surface area contributed by atoms with E-state index in [0.717, 1.165) is 37.4 Å². The van der Waals surface area contributed by atoms with Crippen LogP contribution in [-0.2, 0) is 19.1 Å². The highest BCUT2D eigenvalue weighted by atomic mass is 16.5. The number of hydrogen-bond acceptors (Lipinski definition) is 7. The Labute approximate surface area is 194 Å². The van der Waals surface area contributed by atoms with Gasteiger partial charge in [0.15, 0.2) is 5.82 Å². The van der Waals surface area contributed by atoms with E-state index in [-0.39, 0.29) is 24.3 Å². The molecule has 1 aromatic heterocycles. The molecule has 2 aliphatic heterocycles. The van der Waals surface area contributed by atoms with Gasteiger partial charge in [-0.3, -0.25) is 9.59 Å². The minimum absolute atomic E-state index is 0.0300. The number of amides is 2. The molecule has 9 heteroatoms. The maximum atomic E-state index is 12.5. The van der Waals surface area contributed by atoms with Gasteiger partial charge in [-0.25, -0.2) is 0 Å². The first-order valence-corrected chi connectivity index (χ1v) is 11.4. The fraction of sp³-hybridized carbons (Fsp3) is 0.500. The molecule has 2 amide bonds. The smallest absolute Gasteiger partial charge is 0.248 e. The SMILES string of the molecule is COCCOCC(=O)N1CCC(c2ccc(NC(=O)C3CN(c4cccnn4)C3)cc2)CC1. The Bertz CT molecular complexity index is 910. The number of ether oxygens (including phenoxy) is 2. The Kier molecular flexibility index (Phi) is 7.85.